The number of carbonyl (C=O) groups excluding carboxylic acids is 1. The molecule has 2 aromatic rings. The van der Waals surface area contributed by atoms with Gasteiger partial charge in [0.1, 0.15) is 5.75 Å². The molecule has 0 aromatic heterocycles. The highest BCUT2D eigenvalue weighted by Gasteiger charge is 2.04. The van der Waals surface area contributed by atoms with Crippen molar-refractivity contribution in [3.63, 3.8) is 0 Å². The summed E-state index contributed by atoms with van der Waals surface area (Å²) >= 11 is 3.38. The maximum absolute atomic E-state index is 11.8. The first-order chi connectivity index (χ1) is 10.6. The normalized spacial score (nSPS) is 11.1. The van der Waals surface area contributed by atoms with E-state index in [1.165, 1.54) is 0 Å². The van der Waals surface area contributed by atoms with Crippen LogP contribution in [-0.2, 0) is 4.79 Å². The molecule has 0 heterocycles. The molecular weight excluding hydrogens is 344 g/mol. The van der Waals surface area contributed by atoms with E-state index >= 15 is 0 Å². The van der Waals surface area contributed by atoms with Crippen molar-refractivity contribution in [1.29, 1.82) is 0 Å². The molecular formula is C17H17BrN2O2. The number of hydrogen-bond donors (Lipinski definition) is 1. The zero-order valence-corrected chi connectivity index (χ0v) is 14.1. The maximum atomic E-state index is 11.8. The van der Waals surface area contributed by atoms with Crippen molar-refractivity contribution in [1.82, 2.24) is 5.43 Å². The molecule has 22 heavy (non-hydrogen) atoms. The number of ether oxygens (including phenoxy) is 1. The molecule has 0 spiro atoms. The smallest absolute Gasteiger partial charge is 0.277 e. The van der Waals surface area contributed by atoms with Crippen LogP contribution < -0.4 is 10.2 Å². The molecule has 1 N–H and O–H groups in total. The highest BCUT2D eigenvalue weighted by atomic mass is 79.9. The molecule has 0 bridgehead atoms. The van der Waals surface area contributed by atoms with E-state index in [1.807, 2.05) is 62.4 Å². The number of aryl methyl sites for hydroxylation is 1. The van der Waals surface area contributed by atoms with Gasteiger partial charge in [0.05, 0.1) is 5.71 Å². The molecule has 114 valence electrons. The van der Waals surface area contributed by atoms with E-state index in [0.717, 1.165) is 21.3 Å². The van der Waals surface area contributed by atoms with Crippen LogP contribution in [0.3, 0.4) is 0 Å². The van der Waals surface area contributed by atoms with E-state index < -0.39 is 0 Å². The summed E-state index contributed by atoms with van der Waals surface area (Å²) in [5.41, 5.74) is 5.17. The summed E-state index contributed by atoms with van der Waals surface area (Å²) in [6.07, 6.45) is 0. The van der Waals surface area contributed by atoms with Crippen molar-refractivity contribution >= 4 is 27.5 Å². The number of nitrogens with zero attached hydrogens (tertiary/aromatic N) is 1. The van der Waals surface area contributed by atoms with Gasteiger partial charge in [0.25, 0.3) is 5.91 Å². The summed E-state index contributed by atoms with van der Waals surface area (Å²) in [7, 11) is 0. The Balaban J connectivity index is 1.88. The Morgan fingerprint density at radius 1 is 1.18 bits per heavy atom. The standard InChI is InChI=1S/C17H17BrN2O2/c1-12-5-3-4-6-16(12)22-11-17(21)20-19-13(2)14-7-9-15(18)10-8-14/h3-10H,11H2,1-2H3,(H,20,21)/b19-13+. The van der Waals surface area contributed by atoms with E-state index in [4.69, 9.17) is 4.74 Å². The topological polar surface area (TPSA) is 50.7 Å². The quantitative estimate of drug-likeness (QED) is 0.653. The number of amides is 1. The molecule has 0 radical (unpaired) electrons. The minimum Gasteiger partial charge on any atom is -0.483 e. The Morgan fingerprint density at radius 3 is 2.55 bits per heavy atom. The average molecular weight is 361 g/mol. The van der Waals surface area contributed by atoms with Gasteiger partial charge in [0.2, 0.25) is 0 Å². The molecule has 0 fully saturated rings. The van der Waals surface area contributed by atoms with E-state index in [2.05, 4.69) is 26.5 Å². The number of halogens is 1. The summed E-state index contributed by atoms with van der Waals surface area (Å²) in [6, 6.07) is 15.3. The van der Waals surface area contributed by atoms with E-state index in [0.29, 0.717) is 5.75 Å². The van der Waals surface area contributed by atoms with Crippen LogP contribution in [0.1, 0.15) is 18.1 Å². The van der Waals surface area contributed by atoms with Gasteiger partial charge in [-0.3, -0.25) is 4.79 Å². The lowest BCUT2D eigenvalue weighted by molar-refractivity contribution is -0.123. The maximum Gasteiger partial charge on any atom is 0.277 e. The first-order valence-corrected chi connectivity index (χ1v) is 7.63. The van der Waals surface area contributed by atoms with Gasteiger partial charge in [-0.25, -0.2) is 5.43 Å². The van der Waals surface area contributed by atoms with Crippen molar-refractivity contribution < 1.29 is 9.53 Å². The van der Waals surface area contributed by atoms with Crippen molar-refractivity contribution in [3.8, 4) is 5.75 Å². The molecule has 1 amide bonds. The van der Waals surface area contributed by atoms with E-state index in [9.17, 15) is 4.79 Å². The molecule has 0 aliphatic rings. The molecule has 0 aliphatic heterocycles. The van der Waals surface area contributed by atoms with Gasteiger partial charge < -0.3 is 4.74 Å². The van der Waals surface area contributed by atoms with Crippen molar-refractivity contribution in [2.24, 2.45) is 5.10 Å². The molecule has 0 unspecified atom stereocenters. The second-order valence-electron chi connectivity index (χ2n) is 4.79. The van der Waals surface area contributed by atoms with Crippen molar-refractivity contribution in [2.45, 2.75) is 13.8 Å². The van der Waals surface area contributed by atoms with Gasteiger partial charge >= 0.3 is 0 Å². The molecule has 4 nitrogen and oxygen atoms in total. The Kier molecular flexibility index (Phi) is 5.72. The van der Waals surface area contributed by atoms with Gasteiger partial charge in [-0.05, 0) is 43.2 Å². The second-order valence-corrected chi connectivity index (χ2v) is 5.71. The fourth-order valence-electron chi connectivity index (χ4n) is 1.80. The van der Waals surface area contributed by atoms with Crippen molar-refractivity contribution in [2.75, 3.05) is 6.61 Å². The van der Waals surface area contributed by atoms with Gasteiger partial charge in [0, 0.05) is 4.47 Å². The Hall–Kier alpha value is -2.14. The number of para-hydroxylation sites is 1. The summed E-state index contributed by atoms with van der Waals surface area (Å²) in [4.78, 5) is 11.8. The fourth-order valence-corrected chi connectivity index (χ4v) is 2.06. The third kappa shape index (κ3) is 4.70. The van der Waals surface area contributed by atoms with E-state index in [1.54, 1.807) is 0 Å². The van der Waals surface area contributed by atoms with Crippen LogP contribution in [0.2, 0.25) is 0 Å². The molecule has 2 aromatic carbocycles. The first kappa shape index (κ1) is 16.2. The number of carbonyl (C=O) groups is 1. The lowest BCUT2D eigenvalue weighted by atomic mass is 10.1. The molecule has 0 atom stereocenters. The summed E-state index contributed by atoms with van der Waals surface area (Å²) in [5, 5.41) is 4.08. The third-order valence-corrected chi connectivity index (χ3v) is 3.59. The lowest BCUT2D eigenvalue weighted by Crippen LogP contribution is -2.25. The van der Waals surface area contributed by atoms with Crippen LogP contribution in [0.15, 0.2) is 58.1 Å². The highest BCUT2D eigenvalue weighted by molar-refractivity contribution is 9.10. The van der Waals surface area contributed by atoms with Crippen LogP contribution >= 0.6 is 15.9 Å². The summed E-state index contributed by atoms with van der Waals surface area (Å²) in [6.45, 7) is 3.71. The minimum atomic E-state index is -0.292. The molecule has 0 aliphatic carbocycles. The van der Waals surface area contributed by atoms with Gasteiger partial charge in [-0.1, -0.05) is 46.3 Å². The van der Waals surface area contributed by atoms with Crippen LogP contribution in [0, 0.1) is 6.92 Å². The average Bonchev–Trinajstić information content (AvgIpc) is 2.52. The van der Waals surface area contributed by atoms with Gasteiger partial charge in [0.15, 0.2) is 6.61 Å². The van der Waals surface area contributed by atoms with E-state index in [-0.39, 0.29) is 12.5 Å². The van der Waals surface area contributed by atoms with Crippen LogP contribution in [0.5, 0.6) is 5.75 Å². The highest BCUT2D eigenvalue weighted by Crippen LogP contribution is 2.15. The predicted molar refractivity (Wildman–Crippen MR) is 91.2 cm³/mol. The van der Waals surface area contributed by atoms with Crippen molar-refractivity contribution in [3.05, 3.63) is 64.1 Å². The van der Waals surface area contributed by atoms with Crippen LogP contribution in [0.4, 0.5) is 0 Å². The van der Waals surface area contributed by atoms with Gasteiger partial charge in [-0.2, -0.15) is 5.10 Å². The van der Waals surface area contributed by atoms with Gasteiger partial charge in [-0.15, -0.1) is 0 Å². The van der Waals surface area contributed by atoms with Crippen LogP contribution in [0.25, 0.3) is 0 Å². The largest absolute Gasteiger partial charge is 0.483 e. The Morgan fingerprint density at radius 2 is 1.86 bits per heavy atom. The molecule has 2 rings (SSSR count). The Bertz CT molecular complexity index is 681. The zero-order valence-electron chi connectivity index (χ0n) is 12.5. The monoisotopic (exact) mass is 360 g/mol. The molecule has 0 saturated carbocycles. The number of rotatable bonds is 5. The SMILES string of the molecule is C/C(=N\NC(=O)COc1ccccc1C)c1ccc(Br)cc1. The summed E-state index contributed by atoms with van der Waals surface area (Å²) in [5.74, 6) is 0.408. The lowest BCUT2D eigenvalue weighted by Gasteiger charge is -2.08. The number of nitrogens with one attached hydrogen (secondary N) is 1. The first-order valence-electron chi connectivity index (χ1n) is 6.84. The molecule has 5 heteroatoms. The fraction of sp³-hybridized carbons (Fsp3) is 0.176. The number of benzene rings is 2. The summed E-state index contributed by atoms with van der Waals surface area (Å²) < 4.78 is 6.46. The second kappa shape index (κ2) is 7.75. The Labute approximate surface area is 138 Å². The number of hydrazone groups is 1. The molecule has 0 saturated heterocycles. The number of hydrogen-bond acceptors (Lipinski definition) is 3. The minimum absolute atomic E-state index is 0.0675. The third-order valence-electron chi connectivity index (χ3n) is 3.06. The predicted octanol–water partition coefficient (Wildman–Crippen LogP) is 3.68. The zero-order chi connectivity index (χ0) is 15.9. The van der Waals surface area contributed by atoms with Crippen LogP contribution in [-0.4, -0.2) is 18.2 Å².